The molecule has 2 aromatic heterocycles. The summed E-state index contributed by atoms with van der Waals surface area (Å²) in [6.07, 6.45) is 0. The average Bonchev–Trinajstić information content (AvgIpc) is 3.17. The lowest BCUT2D eigenvalue weighted by atomic mass is 10.1. The van der Waals surface area contributed by atoms with Crippen molar-refractivity contribution in [3.8, 4) is 9.88 Å². The van der Waals surface area contributed by atoms with Crippen molar-refractivity contribution in [3.05, 3.63) is 64.0 Å². The second-order valence-corrected chi connectivity index (χ2v) is 6.96. The Morgan fingerprint density at radius 2 is 1.95 bits per heavy atom. The summed E-state index contributed by atoms with van der Waals surface area (Å²) in [5.41, 5.74) is 1.88. The zero-order valence-electron chi connectivity index (χ0n) is 12.4. The summed E-state index contributed by atoms with van der Waals surface area (Å²) in [4.78, 5) is 18.8. The molecule has 0 aliphatic carbocycles. The van der Waals surface area contributed by atoms with Crippen molar-refractivity contribution in [2.24, 2.45) is 0 Å². The maximum absolute atomic E-state index is 12.5. The normalized spacial score (nSPS) is 12.1. The van der Waals surface area contributed by atoms with E-state index in [1.165, 1.54) is 11.3 Å². The Hall–Kier alpha value is -1.98. The van der Waals surface area contributed by atoms with E-state index in [2.05, 4.69) is 10.3 Å². The van der Waals surface area contributed by atoms with Gasteiger partial charge in [0.05, 0.1) is 16.6 Å². The molecule has 1 atom stereocenters. The van der Waals surface area contributed by atoms with Gasteiger partial charge in [-0.2, -0.15) is 0 Å². The van der Waals surface area contributed by atoms with Gasteiger partial charge in [0, 0.05) is 0 Å². The largest absolute Gasteiger partial charge is 0.345 e. The molecule has 0 unspecified atom stereocenters. The number of nitrogens with one attached hydrogen (secondary N) is 1. The Labute approximate surface area is 137 Å². The van der Waals surface area contributed by atoms with Crippen LogP contribution in [0.1, 0.15) is 33.9 Å². The summed E-state index contributed by atoms with van der Waals surface area (Å²) in [5.74, 6) is -0.0610. The van der Waals surface area contributed by atoms with Gasteiger partial charge in [0.2, 0.25) is 0 Å². The van der Waals surface area contributed by atoms with Crippen molar-refractivity contribution in [2.75, 3.05) is 0 Å². The van der Waals surface area contributed by atoms with Gasteiger partial charge < -0.3 is 5.32 Å². The smallest absolute Gasteiger partial charge is 0.263 e. The molecule has 3 aromatic rings. The van der Waals surface area contributed by atoms with Crippen LogP contribution in [0, 0.1) is 6.92 Å². The number of nitrogens with zero attached hydrogens (tertiary/aromatic N) is 1. The maximum atomic E-state index is 12.5. The van der Waals surface area contributed by atoms with Crippen LogP contribution in [0.5, 0.6) is 0 Å². The first kappa shape index (κ1) is 14.9. The first-order valence-corrected chi connectivity index (χ1v) is 8.72. The zero-order valence-corrected chi connectivity index (χ0v) is 14.0. The van der Waals surface area contributed by atoms with Crippen molar-refractivity contribution in [1.82, 2.24) is 10.3 Å². The molecule has 1 amide bonds. The number of hydrogen-bond donors (Lipinski definition) is 1. The fourth-order valence-corrected chi connectivity index (χ4v) is 3.97. The van der Waals surface area contributed by atoms with Gasteiger partial charge in [0.25, 0.3) is 5.91 Å². The first-order chi connectivity index (χ1) is 10.6. The molecule has 2 heterocycles. The number of thiophene rings is 1. The predicted molar refractivity (Wildman–Crippen MR) is 92.5 cm³/mol. The third-order valence-corrected chi connectivity index (χ3v) is 5.58. The topological polar surface area (TPSA) is 42.0 Å². The molecule has 3 nitrogen and oxygen atoms in total. The molecule has 0 aliphatic rings. The minimum absolute atomic E-state index is 0.0274. The molecule has 0 fully saturated rings. The number of rotatable bonds is 4. The Balaban J connectivity index is 1.78. The highest BCUT2D eigenvalue weighted by molar-refractivity contribution is 7.22. The van der Waals surface area contributed by atoms with Gasteiger partial charge >= 0.3 is 0 Å². The molecule has 0 bridgehead atoms. The van der Waals surface area contributed by atoms with Crippen molar-refractivity contribution >= 4 is 28.6 Å². The van der Waals surface area contributed by atoms with Gasteiger partial charge in [-0.15, -0.1) is 22.7 Å². The van der Waals surface area contributed by atoms with Crippen LogP contribution >= 0.6 is 22.7 Å². The van der Waals surface area contributed by atoms with Crippen LogP contribution in [-0.4, -0.2) is 10.9 Å². The van der Waals surface area contributed by atoms with Crippen LogP contribution in [0.2, 0.25) is 0 Å². The first-order valence-electron chi connectivity index (χ1n) is 7.02. The Morgan fingerprint density at radius 1 is 1.18 bits per heavy atom. The van der Waals surface area contributed by atoms with Crippen LogP contribution in [0.3, 0.4) is 0 Å². The van der Waals surface area contributed by atoms with E-state index < -0.39 is 0 Å². The Bertz CT molecular complexity index is 763. The van der Waals surface area contributed by atoms with E-state index in [0.717, 1.165) is 21.1 Å². The highest BCUT2D eigenvalue weighted by Gasteiger charge is 2.18. The quantitative estimate of drug-likeness (QED) is 0.756. The zero-order chi connectivity index (χ0) is 15.5. The van der Waals surface area contributed by atoms with Gasteiger partial charge in [0.1, 0.15) is 9.88 Å². The van der Waals surface area contributed by atoms with Gasteiger partial charge in [0.15, 0.2) is 0 Å². The number of carbonyl (C=O) groups excluding carboxylic acids is 1. The lowest BCUT2D eigenvalue weighted by molar-refractivity contribution is 0.0943. The summed E-state index contributed by atoms with van der Waals surface area (Å²) in [7, 11) is 0. The Kier molecular flexibility index (Phi) is 4.36. The van der Waals surface area contributed by atoms with Crippen LogP contribution in [0.25, 0.3) is 9.88 Å². The summed E-state index contributed by atoms with van der Waals surface area (Å²) >= 11 is 3.09. The van der Waals surface area contributed by atoms with Crippen molar-refractivity contribution in [2.45, 2.75) is 19.9 Å². The third-order valence-electron chi connectivity index (χ3n) is 3.38. The van der Waals surface area contributed by atoms with Crippen LogP contribution in [-0.2, 0) is 0 Å². The van der Waals surface area contributed by atoms with E-state index >= 15 is 0 Å². The van der Waals surface area contributed by atoms with Crippen molar-refractivity contribution in [1.29, 1.82) is 0 Å². The maximum Gasteiger partial charge on any atom is 0.263 e. The highest BCUT2D eigenvalue weighted by Crippen LogP contribution is 2.31. The molecular formula is C17H16N2OS2. The molecule has 1 aromatic carbocycles. The SMILES string of the molecule is Cc1nc(-c2cccs2)sc1C(=O)N[C@H](C)c1ccccc1. The van der Waals surface area contributed by atoms with Crippen molar-refractivity contribution < 1.29 is 4.79 Å². The number of benzene rings is 1. The van der Waals surface area contributed by atoms with E-state index in [4.69, 9.17) is 0 Å². The van der Waals surface area contributed by atoms with Crippen LogP contribution < -0.4 is 5.32 Å². The molecule has 3 rings (SSSR count). The predicted octanol–water partition coefficient (Wildman–Crippen LogP) is 4.67. The van der Waals surface area contributed by atoms with E-state index in [1.807, 2.05) is 61.7 Å². The molecule has 0 aliphatic heterocycles. The number of carbonyl (C=O) groups is 1. The van der Waals surface area contributed by atoms with Gasteiger partial charge in [-0.3, -0.25) is 4.79 Å². The minimum atomic E-state index is -0.0610. The van der Waals surface area contributed by atoms with Gasteiger partial charge in [-0.05, 0) is 30.9 Å². The second kappa shape index (κ2) is 6.42. The van der Waals surface area contributed by atoms with E-state index in [1.54, 1.807) is 11.3 Å². The fourth-order valence-electron chi connectivity index (χ4n) is 2.20. The van der Waals surface area contributed by atoms with E-state index in [9.17, 15) is 4.79 Å². The lowest BCUT2D eigenvalue weighted by Gasteiger charge is -2.13. The van der Waals surface area contributed by atoms with Gasteiger partial charge in [-0.25, -0.2) is 4.98 Å². The summed E-state index contributed by atoms with van der Waals surface area (Å²) < 4.78 is 0. The lowest BCUT2D eigenvalue weighted by Crippen LogP contribution is -2.26. The molecule has 5 heteroatoms. The van der Waals surface area contributed by atoms with Crippen LogP contribution in [0.4, 0.5) is 0 Å². The number of aromatic nitrogens is 1. The molecule has 22 heavy (non-hydrogen) atoms. The molecule has 1 N–H and O–H groups in total. The second-order valence-electron chi connectivity index (χ2n) is 5.02. The number of amides is 1. The summed E-state index contributed by atoms with van der Waals surface area (Å²) in [6, 6.07) is 13.9. The summed E-state index contributed by atoms with van der Waals surface area (Å²) in [5, 5.41) is 5.97. The summed E-state index contributed by atoms with van der Waals surface area (Å²) in [6.45, 7) is 3.87. The van der Waals surface area contributed by atoms with Crippen molar-refractivity contribution in [3.63, 3.8) is 0 Å². The third kappa shape index (κ3) is 3.10. The standard InChI is InChI=1S/C17H16N2OS2/c1-11(13-7-4-3-5-8-13)18-16(20)15-12(2)19-17(22-15)14-9-6-10-21-14/h3-11H,1-2H3,(H,18,20)/t11-/m1/s1. The average molecular weight is 328 g/mol. The van der Waals surface area contributed by atoms with E-state index in [0.29, 0.717) is 4.88 Å². The number of hydrogen-bond acceptors (Lipinski definition) is 4. The Morgan fingerprint density at radius 3 is 2.64 bits per heavy atom. The van der Waals surface area contributed by atoms with E-state index in [-0.39, 0.29) is 11.9 Å². The molecule has 0 spiro atoms. The van der Waals surface area contributed by atoms with Gasteiger partial charge in [-0.1, -0.05) is 36.4 Å². The molecular weight excluding hydrogens is 312 g/mol. The molecule has 0 radical (unpaired) electrons. The molecule has 0 saturated carbocycles. The fraction of sp³-hybridized carbons (Fsp3) is 0.176. The number of aryl methyl sites for hydroxylation is 1. The minimum Gasteiger partial charge on any atom is -0.345 e. The van der Waals surface area contributed by atoms with Crippen LogP contribution in [0.15, 0.2) is 47.8 Å². The highest BCUT2D eigenvalue weighted by atomic mass is 32.1. The molecule has 112 valence electrons. The molecule has 0 saturated heterocycles. The monoisotopic (exact) mass is 328 g/mol. The number of thiazole rings is 1.